The van der Waals surface area contributed by atoms with E-state index >= 15 is 0 Å². The van der Waals surface area contributed by atoms with Crippen molar-refractivity contribution in [2.24, 2.45) is 0 Å². The van der Waals surface area contributed by atoms with Crippen LogP contribution < -0.4 is 4.74 Å². The largest absolute Gasteiger partial charge is 0.457 e. The number of nitrogens with zero attached hydrogens (tertiary/aromatic N) is 6. The van der Waals surface area contributed by atoms with Crippen LogP contribution in [0.4, 0.5) is 0 Å². The van der Waals surface area contributed by atoms with E-state index in [1.54, 1.807) is 12.4 Å². The van der Waals surface area contributed by atoms with Gasteiger partial charge in [0.15, 0.2) is 0 Å². The summed E-state index contributed by atoms with van der Waals surface area (Å²) in [5.41, 5.74) is 9.68. The zero-order chi connectivity index (χ0) is 26.9. The van der Waals surface area contributed by atoms with Crippen molar-refractivity contribution in [3.05, 3.63) is 120 Å². The molecule has 0 spiro atoms. The summed E-state index contributed by atoms with van der Waals surface area (Å²) in [6, 6.07) is 27.7. The predicted molar refractivity (Wildman–Crippen MR) is 153 cm³/mol. The van der Waals surface area contributed by atoms with Gasteiger partial charge >= 0.3 is 0 Å². The second-order valence-corrected chi connectivity index (χ2v) is 9.44. The second-order valence-electron chi connectivity index (χ2n) is 9.44. The quantitative estimate of drug-likeness (QED) is 0.236. The van der Waals surface area contributed by atoms with E-state index in [1.165, 1.54) is 0 Å². The number of rotatable bonds is 6. The lowest BCUT2D eigenvalue weighted by Crippen LogP contribution is -2.00. The van der Waals surface area contributed by atoms with E-state index in [2.05, 4.69) is 23.8 Å². The summed E-state index contributed by atoms with van der Waals surface area (Å²) in [6.45, 7) is 8.15. The maximum atomic E-state index is 6.32. The van der Waals surface area contributed by atoms with Gasteiger partial charge in [-0.15, -0.1) is 0 Å². The highest BCUT2D eigenvalue weighted by molar-refractivity contribution is 5.67. The third-order valence-corrected chi connectivity index (χ3v) is 6.78. The fourth-order valence-corrected chi connectivity index (χ4v) is 5.04. The summed E-state index contributed by atoms with van der Waals surface area (Å²) in [5, 5.41) is 9.62. The van der Waals surface area contributed by atoms with Crippen molar-refractivity contribution in [1.29, 1.82) is 0 Å². The molecule has 192 valence electrons. The van der Waals surface area contributed by atoms with E-state index in [1.807, 2.05) is 108 Å². The molecule has 39 heavy (non-hydrogen) atoms. The molecule has 0 aliphatic heterocycles. The smallest absolute Gasteiger partial charge is 0.129 e. The molecule has 0 aliphatic rings. The highest BCUT2D eigenvalue weighted by Crippen LogP contribution is 2.31. The lowest BCUT2D eigenvalue weighted by molar-refractivity contribution is 0.481. The van der Waals surface area contributed by atoms with Crippen molar-refractivity contribution >= 4 is 0 Å². The minimum Gasteiger partial charge on any atom is -0.457 e. The minimum atomic E-state index is 0.721. The van der Waals surface area contributed by atoms with Crippen LogP contribution in [-0.2, 0) is 0 Å². The highest BCUT2D eigenvalue weighted by Gasteiger charge is 2.17. The van der Waals surface area contributed by atoms with Crippen LogP contribution in [0.5, 0.6) is 11.5 Å². The molecule has 2 aromatic carbocycles. The first-order chi connectivity index (χ1) is 19.0. The standard InChI is InChI=1S/C32H28N6O/c1-21-31(29-15-5-7-17-33-29)23(3)37(35-21)25-11-9-13-27(19-25)39-28-14-10-12-26(20-28)38-24(4)32(22(2)36-38)30-16-6-8-18-34-30/h5-20H,1-4H3. The average molecular weight is 513 g/mol. The molecule has 7 heteroatoms. The van der Waals surface area contributed by atoms with Crippen LogP contribution in [0.25, 0.3) is 33.9 Å². The molecule has 0 aliphatic carbocycles. The van der Waals surface area contributed by atoms with Gasteiger partial charge in [0.05, 0.1) is 45.5 Å². The molecule has 0 radical (unpaired) electrons. The second kappa shape index (κ2) is 10.0. The van der Waals surface area contributed by atoms with Crippen molar-refractivity contribution in [2.45, 2.75) is 27.7 Å². The SMILES string of the molecule is Cc1nn(-c2cccc(Oc3cccc(-n4nc(C)c(-c5ccccn5)c4C)c3)c2)c(C)c1-c1ccccn1. The fourth-order valence-electron chi connectivity index (χ4n) is 5.04. The number of pyridine rings is 2. The maximum Gasteiger partial charge on any atom is 0.129 e. The van der Waals surface area contributed by atoms with Crippen LogP contribution in [0.3, 0.4) is 0 Å². The Hall–Kier alpha value is -5.04. The molecule has 4 heterocycles. The van der Waals surface area contributed by atoms with Gasteiger partial charge in [0.2, 0.25) is 0 Å². The van der Waals surface area contributed by atoms with Crippen molar-refractivity contribution in [2.75, 3.05) is 0 Å². The molecule has 4 aromatic heterocycles. The Morgan fingerprint density at radius 2 is 1.00 bits per heavy atom. The Labute approximate surface area is 227 Å². The van der Waals surface area contributed by atoms with E-state index < -0.39 is 0 Å². The summed E-state index contributed by atoms with van der Waals surface area (Å²) in [4.78, 5) is 9.05. The van der Waals surface area contributed by atoms with E-state index in [0.717, 1.165) is 68.2 Å². The Balaban J connectivity index is 1.30. The lowest BCUT2D eigenvalue weighted by atomic mass is 10.1. The molecule has 0 N–H and O–H groups in total. The van der Waals surface area contributed by atoms with E-state index in [-0.39, 0.29) is 0 Å². The molecule has 6 aromatic rings. The number of hydrogen-bond donors (Lipinski definition) is 0. The predicted octanol–water partition coefficient (Wildman–Crippen LogP) is 7.21. The molecule has 7 nitrogen and oxygen atoms in total. The summed E-state index contributed by atoms with van der Waals surface area (Å²) in [6.07, 6.45) is 3.61. The zero-order valence-electron chi connectivity index (χ0n) is 22.3. The lowest BCUT2D eigenvalue weighted by Gasteiger charge is -2.11. The van der Waals surface area contributed by atoms with Crippen molar-refractivity contribution in [1.82, 2.24) is 29.5 Å². The van der Waals surface area contributed by atoms with E-state index in [9.17, 15) is 0 Å². The highest BCUT2D eigenvalue weighted by atomic mass is 16.5. The van der Waals surface area contributed by atoms with E-state index in [0.29, 0.717) is 0 Å². The van der Waals surface area contributed by atoms with Gasteiger partial charge < -0.3 is 4.74 Å². The third-order valence-electron chi connectivity index (χ3n) is 6.78. The third kappa shape index (κ3) is 4.59. The number of aromatic nitrogens is 6. The topological polar surface area (TPSA) is 70.7 Å². The molecule has 0 unspecified atom stereocenters. The average Bonchev–Trinajstić information content (AvgIpc) is 3.43. The van der Waals surface area contributed by atoms with Crippen LogP contribution in [0.15, 0.2) is 97.3 Å². The normalized spacial score (nSPS) is 11.1. The van der Waals surface area contributed by atoms with Crippen LogP contribution in [-0.4, -0.2) is 29.5 Å². The van der Waals surface area contributed by atoms with Gasteiger partial charge in [-0.1, -0.05) is 24.3 Å². The van der Waals surface area contributed by atoms with Crippen LogP contribution >= 0.6 is 0 Å². The number of aryl methyl sites for hydroxylation is 2. The monoisotopic (exact) mass is 512 g/mol. The van der Waals surface area contributed by atoms with Gasteiger partial charge in [-0.2, -0.15) is 10.2 Å². The Morgan fingerprint density at radius 3 is 1.41 bits per heavy atom. The Bertz CT molecular complexity index is 1640. The van der Waals surface area contributed by atoms with Gasteiger partial charge in [-0.3, -0.25) is 9.97 Å². The first-order valence-electron chi connectivity index (χ1n) is 12.8. The number of ether oxygens (including phenoxy) is 1. The molecular weight excluding hydrogens is 484 g/mol. The molecule has 0 amide bonds. The number of benzene rings is 2. The molecule has 0 fully saturated rings. The van der Waals surface area contributed by atoms with Crippen molar-refractivity contribution in [3.8, 4) is 45.4 Å². The molecular formula is C32H28N6O. The Morgan fingerprint density at radius 1 is 0.538 bits per heavy atom. The number of hydrogen-bond acceptors (Lipinski definition) is 5. The first kappa shape index (κ1) is 24.3. The van der Waals surface area contributed by atoms with Crippen LogP contribution in [0, 0.1) is 27.7 Å². The molecule has 0 saturated heterocycles. The minimum absolute atomic E-state index is 0.721. The summed E-state index contributed by atoms with van der Waals surface area (Å²) in [7, 11) is 0. The fraction of sp³-hybridized carbons (Fsp3) is 0.125. The van der Waals surface area contributed by atoms with Gasteiger partial charge in [0.25, 0.3) is 0 Å². The molecule has 6 rings (SSSR count). The summed E-state index contributed by atoms with van der Waals surface area (Å²) >= 11 is 0. The van der Waals surface area contributed by atoms with Gasteiger partial charge in [0, 0.05) is 35.7 Å². The zero-order valence-corrected chi connectivity index (χ0v) is 22.3. The van der Waals surface area contributed by atoms with Crippen molar-refractivity contribution < 1.29 is 4.74 Å². The van der Waals surface area contributed by atoms with E-state index in [4.69, 9.17) is 14.9 Å². The molecule has 0 atom stereocenters. The Kier molecular flexibility index (Phi) is 6.25. The van der Waals surface area contributed by atoms with Gasteiger partial charge in [0.1, 0.15) is 11.5 Å². The van der Waals surface area contributed by atoms with Crippen LogP contribution in [0.1, 0.15) is 22.8 Å². The van der Waals surface area contributed by atoms with Gasteiger partial charge in [-0.05, 0) is 76.2 Å². The summed E-state index contributed by atoms with van der Waals surface area (Å²) < 4.78 is 10.2. The van der Waals surface area contributed by atoms with Crippen molar-refractivity contribution in [3.63, 3.8) is 0 Å². The molecule has 0 bridgehead atoms. The maximum absolute atomic E-state index is 6.32. The molecule has 0 saturated carbocycles. The summed E-state index contributed by atoms with van der Waals surface area (Å²) in [5.74, 6) is 1.44. The first-order valence-corrected chi connectivity index (χ1v) is 12.8. The van der Waals surface area contributed by atoms with Crippen LogP contribution in [0.2, 0.25) is 0 Å². The van der Waals surface area contributed by atoms with Gasteiger partial charge in [-0.25, -0.2) is 9.36 Å².